The maximum absolute atomic E-state index is 11.6. The van der Waals surface area contributed by atoms with E-state index in [1.54, 1.807) is 24.3 Å². The fourth-order valence-electron chi connectivity index (χ4n) is 1.72. The summed E-state index contributed by atoms with van der Waals surface area (Å²) in [6.45, 7) is 0.416. The smallest absolute Gasteiger partial charge is 0.293 e. The molecule has 6 heteroatoms. The quantitative estimate of drug-likeness (QED) is 0.805. The van der Waals surface area contributed by atoms with E-state index < -0.39 is 6.04 Å². The summed E-state index contributed by atoms with van der Waals surface area (Å²) in [7, 11) is 0. The van der Waals surface area contributed by atoms with Crippen LogP contribution in [-0.4, -0.2) is 31.5 Å². The van der Waals surface area contributed by atoms with Crippen molar-refractivity contribution in [2.75, 3.05) is 18.5 Å². The molecule has 5 nitrogen and oxygen atoms in total. The first-order valence-corrected chi connectivity index (χ1v) is 6.00. The summed E-state index contributed by atoms with van der Waals surface area (Å²) >= 11 is 5.80. The maximum Gasteiger partial charge on any atom is 0.293 e. The third-order valence-electron chi connectivity index (χ3n) is 2.64. The topological polar surface area (TPSA) is 64.6 Å². The van der Waals surface area contributed by atoms with Crippen LogP contribution < -0.4 is 5.32 Å². The summed E-state index contributed by atoms with van der Waals surface area (Å²) in [4.78, 5) is 21.9. The minimum atomic E-state index is -0.443. The molecule has 1 N–H and O–H groups in total. The summed E-state index contributed by atoms with van der Waals surface area (Å²) < 4.78 is 9.71. The zero-order valence-electron chi connectivity index (χ0n) is 9.97. The Kier molecular flexibility index (Phi) is 4.41. The van der Waals surface area contributed by atoms with Gasteiger partial charge in [0.05, 0.1) is 17.9 Å². The lowest BCUT2D eigenvalue weighted by molar-refractivity contribution is -0.129. The lowest BCUT2D eigenvalue weighted by atomic mass is 10.1. The Morgan fingerprint density at radius 1 is 1.42 bits per heavy atom. The number of nitrogens with one attached hydrogen (secondary N) is 1. The lowest BCUT2D eigenvalue weighted by Gasteiger charge is -2.18. The summed E-state index contributed by atoms with van der Waals surface area (Å²) in [6.07, 6.45) is 1.39. The largest absolute Gasteiger partial charge is 0.493 e. The van der Waals surface area contributed by atoms with Gasteiger partial charge in [0.25, 0.3) is 6.47 Å². The molecule has 0 saturated carbocycles. The Morgan fingerprint density at radius 2 is 2.16 bits per heavy atom. The average Bonchev–Trinajstić information content (AvgIpc) is 2.83. The van der Waals surface area contributed by atoms with E-state index in [9.17, 15) is 9.59 Å². The number of hydrogen-bond acceptors (Lipinski definition) is 5. The molecule has 1 aliphatic heterocycles. The standard InChI is InChI=1S/C13H12ClNO4/c14-9-1-3-10(4-2-9)15-12(6-19-8-16)11-5-18-7-13(11)17/h1-5,8,12,15H,6-7H2. The van der Waals surface area contributed by atoms with Gasteiger partial charge in [-0.25, -0.2) is 0 Å². The highest BCUT2D eigenvalue weighted by Gasteiger charge is 2.26. The molecular weight excluding hydrogens is 270 g/mol. The van der Waals surface area contributed by atoms with E-state index in [1.807, 2.05) is 0 Å². The predicted molar refractivity (Wildman–Crippen MR) is 69.9 cm³/mol. The van der Waals surface area contributed by atoms with Gasteiger partial charge in [0.2, 0.25) is 5.78 Å². The second-order valence-electron chi connectivity index (χ2n) is 3.94. The average molecular weight is 282 g/mol. The van der Waals surface area contributed by atoms with E-state index in [2.05, 4.69) is 5.32 Å². The highest BCUT2D eigenvalue weighted by molar-refractivity contribution is 6.30. The van der Waals surface area contributed by atoms with Gasteiger partial charge in [0.1, 0.15) is 6.61 Å². The molecule has 0 radical (unpaired) electrons. The molecule has 1 aromatic carbocycles. The van der Waals surface area contributed by atoms with Crippen LogP contribution in [0.4, 0.5) is 5.69 Å². The van der Waals surface area contributed by atoms with Gasteiger partial charge in [0.15, 0.2) is 6.61 Å². The van der Waals surface area contributed by atoms with E-state index in [4.69, 9.17) is 21.1 Å². The van der Waals surface area contributed by atoms with E-state index >= 15 is 0 Å². The van der Waals surface area contributed by atoms with Crippen LogP contribution in [0.1, 0.15) is 0 Å². The molecule has 0 aliphatic carbocycles. The Balaban J connectivity index is 2.11. The fraction of sp³-hybridized carbons (Fsp3) is 0.231. The van der Waals surface area contributed by atoms with Gasteiger partial charge < -0.3 is 14.8 Å². The SMILES string of the molecule is O=COCC(Nc1ccc(Cl)cc1)C1=COCC1=O. The van der Waals surface area contributed by atoms with E-state index in [-0.39, 0.29) is 19.0 Å². The van der Waals surface area contributed by atoms with E-state index in [0.717, 1.165) is 5.69 Å². The monoisotopic (exact) mass is 281 g/mol. The first kappa shape index (κ1) is 13.4. The van der Waals surface area contributed by atoms with Gasteiger partial charge in [-0.2, -0.15) is 0 Å². The number of halogens is 1. The Morgan fingerprint density at radius 3 is 2.74 bits per heavy atom. The van der Waals surface area contributed by atoms with Gasteiger partial charge in [-0.05, 0) is 24.3 Å². The fourth-order valence-corrected chi connectivity index (χ4v) is 1.85. The second kappa shape index (κ2) is 6.24. The van der Waals surface area contributed by atoms with Crippen LogP contribution in [-0.2, 0) is 19.1 Å². The molecule has 1 unspecified atom stereocenters. The van der Waals surface area contributed by atoms with Crippen LogP contribution in [0.5, 0.6) is 0 Å². The molecule has 1 aromatic rings. The minimum Gasteiger partial charge on any atom is -0.493 e. The number of benzene rings is 1. The Bertz CT molecular complexity index is 498. The number of anilines is 1. The van der Waals surface area contributed by atoms with Crippen molar-refractivity contribution in [2.24, 2.45) is 0 Å². The van der Waals surface area contributed by atoms with Crippen LogP contribution in [0.15, 0.2) is 36.1 Å². The third kappa shape index (κ3) is 3.48. The van der Waals surface area contributed by atoms with Gasteiger partial charge in [-0.15, -0.1) is 0 Å². The number of Topliss-reactive ketones (excluding diaryl/α,β-unsaturated/α-hetero) is 1. The molecule has 1 aliphatic rings. The van der Waals surface area contributed by atoms with Crippen molar-refractivity contribution in [1.29, 1.82) is 0 Å². The third-order valence-corrected chi connectivity index (χ3v) is 2.89. The Labute approximate surface area is 115 Å². The molecular formula is C13H12ClNO4. The first-order chi connectivity index (χ1) is 9.20. The van der Waals surface area contributed by atoms with Gasteiger partial charge >= 0.3 is 0 Å². The molecule has 0 saturated heterocycles. The van der Waals surface area contributed by atoms with Crippen LogP contribution in [0, 0.1) is 0 Å². The van der Waals surface area contributed by atoms with E-state index in [1.165, 1.54) is 6.26 Å². The summed E-state index contributed by atoms with van der Waals surface area (Å²) in [5, 5.41) is 3.72. The molecule has 0 fully saturated rings. The van der Waals surface area contributed by atoms with E-state index in [0.29, 0.717) is 17.1 Å². The zero-order chi connectivity index (χ0) is 13.7. The van der Waals surface area contributed by atoms with Crippen molar-refractivity contribution in [1.82, 2.24) is 0 Å². The van der Waals surface area contributed by atoms with Crippen molar-refractivity contribution in [3.63, 3.8) is 0 Å². The number of ketones is 1. The molecule has 100 valence electrons. The van der Waals surface area contributed by atoms with Crippen molar-refractivity contribution < 1.29 is 19.1 Å². The molecule has 19 heavy (non-hydrogen) atoms. The number of rotatable bonds is 6. The second-order valence-corrected chi connectivity index (χ2v) is 4.38. The van der Waals surface area contributed by atoms with Crippen LogP contribution in [0.3, 0.4) is 0 Å². The summed E-state index contributed by atoms with van der Waals surface area (Å²) in [6, 6.07) is 6.56. The van der Waals surface area contributed by atoms with Crippen molar-refractivity contribution in [3.8, 4) is 0 Å². The number of hydrogen-bond donors (Lipinski definition) is 1. The minimum absolute atomic E-state index is 0.0230. The first-order valence-electron chi connectivity index (χ1n) is 5.63. The number of ether oxygens (including phenoxy) is 2. The van der Waals surface area contributed by atoms with Gasteiger partial charge in [0, 0.05) is 10.7 Å². The molecule has 0 bridgehead atoms. The van der Waals surface area contributed by atoms with Gasteiger partial charge in [-0.1, -0.05) is 11.6 Å². The molecule has 1 atom stereocenters. The summed E-state index contributed by atoms with van der Waals surface area (Å²) in [5.74, 6) is -0.124. The van der Waals surface area contributed by atoms with Gasteiger partial charge in [-0.3, -0.25) is 9.59 Å². The highest BCUT2D eigenvalue weighted by atomic mass is 35.5. The lowest BCUT2D eigenvalue weighted by Crippen LogP contribution is -2.30. The van der Waals surface area contributed by atoms with Crippen molar-refractivity contribution >= 4 is 29.5 Å². The molecule has 0 aromatic heterocycles. The van der Waals surface area contributed by atoms with Crippen molar-refractivity contribution in [2.45, 2.75) is 6.04 Å². The summed E-state index contributed by atoms with van der Waals surface area (Å²) in [5.41, 5.74) is 1.22. The van der Waals surface area contributed by atoms with Crippen LogP contribution in [0.25, 0.3) is 0 Å². The normalized spacial score (nSPS) is 15.4. The van der Waals surface area contributed by atoms with Crippen LogP contribution >= 0.6 is 11.6 Å². The maximum atomic E-state index is 11.6. The highest BCUT2D eigenvalue weighted by Crippen LogP contribution is 2.19. The number of carbonyl (C=O) groups is 2. The molecule has 1 heterocycles. The van der Waals surface area contributed by atoms with Crippen LogP contribution in [0.2, 0.25) is 5.02 Å². The Hall–Kier alpha value is -2.01. The zero-order valence-corrected chi connectivity index (χ0v) is 10.7. The molecule has 0 amide bonds. The molecule has 0 spiro atoms. The number of carbonyl (C=O) groups excluding carboxylic acids is 2. The van der Waals surface area contributed by atoms with Crippen molar-refractivity contribution in [3.05, 3.63) is 41.1 Å². The molecule has 2 rings (SSSR count). The predicted octanol–water partition coefficient (Wildman–Crippen LogP) is 1.78.